The van der Waals surface area contributed by atoms with Gasteiger partial charge in [-0.1, -0.05) is 146 Å². The average Bonchev–Trinajstić information content (AvgIpc) is 3.78. The van der Waals surface area contributed by atoms with Crippen LogP contribution in [0.3, 0.4) is 0 Å². The predicted molar refractivity (Wildman–Crippen MR) is 235 cm³/mol. The third kappa shape index (κ3) is 5.55. The van der Waals surface area contributed by atoms with Crippen LogP contribution in [0.2, 0.25) is 0 Å². The fraction of sp³-hybridized carbons (Fsp3) is 0.0196. The summed E-state index contributed by atoms with van der Waals surface area (Å²) in [6.07, 6.45) is 20.8. The second-order valence-corrected chi connectivity index (χ2v) is 14.0. The Kier molecular flexibility index (Phi) is 8.00. The fourth-order valence-electron chi connectivity index (χ4n) is 8.34. The lowest BCUT2D eigenvalue weighted by Gasteiger charge is -2.24. The molecular formula is C51H38N4. The van der Waals surface area contributed by atoms with E-state index in [-0.39, 0.29) is 0 Å². The Morgan fingerprint density at radius 1 is 0.600 bits per heavy atom. The van der Waals surface area contributed by atoms with Crippen LogP contribution in [0, 0.1) is 0 Å². The predicted octanol–water partition coefficient (Wildman–Crippen LogP) is 12.7. The zero-order valence-electron chi connectivity index (χ0n) is 30.2. The number of hydrogen-bond donors (Lipinski definition) is 2. The Morgan fingerprint density at radius 2 is 1.35 bits per heavy atom. The number of para-hydroxylation sites is 1. The van der Waals surface area contributed by atoms with Gasteiger partial charge < -0.3 is 20.2 Å². The number of benzene rings is 7. The van der Waals surface area contributed by atoms with Gasteiger partial charge in [-0.15, -0.1) is 0 Å². The van der Waals surface area contributed by atoms with Gasteiger partial charge >= 0.3 is 0 Å². The van der Waals surface area contributed by atoms with E-state index in [0.29, 0.717) is 0 Å². The Hall–Kier alpha value is -7.30. The molecule has 0 saturated carbocycles. The summed E-state index contributed by atoms with van der Waals surface area (Å²) in [6, 6.07) is 50.1. The summed E-state index contributed by atoms with van der Waals surface area (Å²) in [6.45, 7) is 0.804. The maximum absolute atomic E-state index is 6.30. The third-order valence-corrected chi connectivity index (χ3v) is 10.8. The van der Waals surface area contributed by atoms with E-state index in [1.54, 1.807) is 6.20 Å². The van der Waals surface area contributed by atoms with Gasteiger partial charge in [0.15, 0.2) is 0 Å². The van der Waals surface area contributed by atoms with Crippen LogP contribution in [0.25, 0.3) is 87.7 Å². The first-order valence-corrected chi connectivity index (χ1v) is 18.8. The first kappa shape index (κ1) is 32.4. The van der Waals surface area contributed by atoms with Gasteiger partial charge in [0.2, 0.25) is 0 Å². The Morgan fingerprint density at radius 3 is 2.18 bits per heavy atom. The van der Waals surface area contributed by atoms with Crippen molar-refractivity contribution in [2.24, 2.45) is 5.73 Å². The van der Waals surface area contributed by atoms with Crippen LogP contribution in [0.5, 0.6) is 0 Å². The number of nitrogens with one attached hydrogen (secondary N) is 1. The number of rotatable bonds is 7. The molecule has 55 heavy (non-hydrogen) atoms. The third-order valence-electron chi connectivity index (χ3n) is 10.8. The number of nitrogens with two attached hydrogens (primary N) is 1. The molecule has 4 nitrogen and oxygen atoms in total. The first-order chi connectivity index (χ1) is 27.3. The van der Waals surface area contributed by atoms with Crippen LogP contribution in [0.4, 0.5) is 0 Å². The van der Waals surface area contributed by atoms with Crippen molar-refractivity contribution in [3.05, 3.63) is 206 Å². The van der Waals surface area contributed by atoms with Crippen molar-refractivity contribution < 1.29 is 0 Å². The van der Waals surface area contributed by atoms with Crippen LogP contribution in [-0.4, -0.2) is 21.0 Å². The van der Waals surface area contributed by atoms with E-state index >= 15 is 0 Å². The number of H-pyrrole nitrogens is 1. The van der Waals surface area contributed by atoms with Crippen LogP contribution in [0.1, 0.15) is 5.56 Å². The second-order valence-electron chi connectivity index (χ2n) is 14.0. The number of nitrogens with zero attached hydrogens (tertiary/aromatic N) is 2. The van der Waals surface area contributed by atoms with E-state index < -0.39 is 0 Å². The van der Waals surface area contributed by atoms with Crippen molar-refractivity contribution in [2.45, 2.75) is 0 Å². The maximum Gasteiger partial charge on any atom is 0.0641 e. The largest absolute Gasteiger partial charge is 0.405 e. The highest BCUT2D eigenvalue weighted by Gasteiger charge is 2.23. The molecule has 0 atom stereocenters. The molecule has 3 heterocycles. The zero-order valence-corrected chi connectivity index (χ0v) is 30.2. The van der Waals surface area contributed by atoms with Crippen molar-refractivity contribution in [2.75, 3.05) is 6.54 Å². The van der Waals surface area contributed by atoms with Crippen LogP contribution in [-0.2, 0) is 0 Å². The number of aromatic nitrogens is 2. The lowest BCUT2D eigenvalue weighted by atomic mass is 9.97. The Bertz CT molecular complexity index is 3130. The van der Waals surface area contributed by atoms with Crippen molar-refractivity contribution in [3.8, 4) is 11.1 Å². The van der Waals surface area contributed by atoms with Gasteiger partial charge in [0, 0.05) is 62.2 Å². The van der Waals surface area contributed by atoms with Crippen molar-refractivity contribution in [3.63, 3.8) is 0 Å². The topological polar surface area (TPSA) is 50.0 Å². The molecule has 0 unspecified atom stereocenters. The minimum atomic E-state index is 0.804. The molecule has 0 radical (unpaired) electrons. The van der Waals surface area contributed by atoms with Gasteiger partial charge in [0.05, 0.1) is 16.6 Å². The molecule has 0 amide bonds. The fourth-order valence-corrected chi connectivity index (χ4v) is 8.34. The summed E-state index contributed by atoms with van der Waals surface area (Å²) < 4.78 is 2.42. The normalized spacial score (nSPS) is 14.1. The van der Waals surface area contributed by atoms with Crippen molar-refractivity contribution in [1.82, 2.24) is 14.5 Å². The van der Waals surface area contributed by atoms with Gasteiger partial charge in [-0.05, 0) is 76.0 Å². The molecule has 2 aromatic heterocycles. The molecule has 9 aromatic rings. The minimum absolute atomic E-state index is 0.804. The molecule has 1 aliphatic rings. The molecule has 7 aromatic carbocycles. The van der Waals surface area contributed by atoms with Crippen LogP contribution in [0.15, 0.2) is 201 Å². The maximum atomic E-state index is 6.30. The highest BCUT2D eigenvalue weighted by molar-refractivity contribution is 6.28. The summed E-state index contributed by atoms with van der Waals surface area (Å²) in [5.41, 5.74) is 16.4. The summed E-state index contributed by atoms with van der Waals surface area (Å²) >= 11 is 0. The smallest absolute Gasteiger partial charge is 0.0641 e. The lowest BCUT2D eigenvalue weighted by Crippen LogP contribution is -2.17. The molecule has 10 rings (SSSR count). The summed E-state index contributed by atoms with van der Waals surface area (Å²) in [5, 5.41) is 9.64. The molecular weight excluding hydrogens is 669 g/mol. The summed E-state index contributed by atoms with van der Waals surface area (Å²) in [4.78, 5) is 6.11. The van der Waals surface area contributed by atoms with E-state index in [1.165, 1.54) is 43.1 Å². The SMILES string of the molecule is N\C=C/C(=C\C=C\C=C(/c1ccc2ccccc2c1)N1C=CC=CC1)n1c2c(-c3ccccc3)c3[nH]c4ccccc4c3cc2c2ccc3ccccc3c21. The Labute approximate surface area is 319 Å². The van der Waals surface area contributed by atoms with Crippen LogP contribution >= 0.6 is 0 Å². The quantitative estimate of drug-likeness (QED) is 0.162. The number of aromatic amines is 1. The molecule has 0 saturated heterocycles. The Balaban J connectivity index is 1.23. The zero-order chi connectivity index (χ0) is 36.7. The van der Waals surface area contributed by atoms with E-state index in [0.717, 1.165) is 56.7 Å². The van der Waals surface area contributed by atoms with Crippen molar-refractivity contribution in [1.29, 1.82) is 0 Å². The van der Waals surface area contributed by atoms with E-state index in [9.17, 15) is 0 Å². The first-order valence-electron chi connectivity index (χ1n) is 18.8. The average molecular weight is 707 g/mol. The van der Waals surface area contributed by atoms with Gasteiger partial charge in [0.25, 0.3) is 0 Å². The monoisotopic (exact) mass is 706 g/mol. The minimum Gasteiger partial charge on any atom is -0.405 e. The molecule has 0 fully saturated rings. The van der Waals surface area contributed by atoms with Gasteiger partial charge in [-0.25, -0.2) is 0 Å². The number of allylic oxidation sites excluding steroid dienone is 8. The van der Waals surface area contributed by atoms with E-state index in [1.807, 2.05) is 6.08 Å². The molecule has 3 N–H and O–H groups in total. The highest BCUT2D eigenvalue weighted by Crippen LogP contribution is 2.45. The van der Waals surface area contributed by atoms with Crippen LogP contribution < -0.4 is 5.73 Å². The molecule has 4 heteroatoms. The lowest BCUT2D eigenvalue weighted by molar-refractivity contribution is 0.587. The molecule has 1 aliphatic heterocycles. The molecule has 262 valence electrons. The summed E-state index contributed by atoms with van der Waals surface area (Å²) in [7, 11) is 0. The van der Waals surface area contributed by atoms with E-state index in [2.05, 4.69) is 203 Å². The van der Waals surface area contributed by atoms with E-state index in [4.69, 9.17) is 5.73 Å². The standard InChI is InChI=1S/C51H38N4/c52-30-29-40(20-8-12-24-47(54-31-13-2-14-32-54)39-26-25-35-15-5-6-19-38(35)33-39)55-50-41-21-9-7-16-36(41)27-28-43(50)45-34-44-42-22-10-11-23-46(42)53-49(44)48(51(45)55)37-17-3-1-4-18-37/h1-31,33-34,53H,32,52H2/b12-8+,30-29-,40-20+,47-24+. The van der Waals surface area contributed by atoms with Crippen molar-refractivity contribution >= 4 is 76.6 Å². The van der Waals surface area contributed by atoms with Gasteiger partial charge in [-0.2, -0.15) is 0 Å². The second kappa shape index (κ2) is 13.6. The number of hydrogen-bond acceptors (Lipinski definition) is 2. The van der Waals surface area contributed by atoms with Gasteiger partial charge in [0.1, 0.15) is 0 Å². The highest BCUT2D eigenvalue weighted by atomic mass is 15.1. The summed E-state index contributed by atoms with van der Waals surface area (Å²) in [5.74, 6) is 0. The van der Waals surface area contributed by atoms with Gasteiger partial charge in [-0.3, -0.25) is 0 Å². The molecule has 0 bridgehead atoms. The molecule has 0 spiro atoms. The number of fused-ring (bicyclic) bond motifs is 9. The molecule has 0 aliphatic carbocycles.